The Morgan fingerprint density at radius 2 is 2.00 bits per heavy atom. The molecule has 2 aliphatic heterocycles. The maximum atomic E-state index is 12.6. The van der Waals surface area contributed by atoms with Crippen molar-refractivity contribution in [2.75, 3.05) is 37.7 Å². The summed E-state index contributed by atoms with van der Waals surface area (Å²) in [5.41, 5.74) is 0.760. The molecule has 3 heterocycles. The summed E-state index contributed by atoms with van der Waals surface area (Å²) in [5.74, 6) is 2.69. The lowest BCUT2D eigenvalue weighted by molar-refractivity contribution is 0.0761. The van der Waals surface area contributed by atoms with Gasteiger partial charge in [-0.1, -0.05) is 4.49 Å². The van der Waals surface area contributed by atoms with Crippen LogP contribution >= 0.6 is 23.3 Å². The molecule has 0 N–H and O–H groups in total. The third kappa shape index (κ3) is 3.57. The van der Waals surface area contributed by atoms with E-state index in [4.69, 9.17) is 0 Å². The van der Waals surface area contributed by atoms with Crippen molar-refractivity contribution >= 4 is 29.2 Å². The molecule has 2 saturated heterocycles. The van der Waals surface area contributed by atoms with Crippen LogP contribution < -0.4 is 0 Å². The van der Waals surface area contributed by atoms with E-state index in [1.54, 1.807) is 0 Å². The van der Waals surface area contributed by atoms with Crippen molar-refractivity contribution in [2.45, 2.75) is 32.2 Å². The maximum absolute atomic E-state index is 12.6. The number of carbonyl (C=O) groups is 1. The largest absolute Gasteiger partial charge is 0.337 e. The average Bonchev–Trinajstić information content (AvgIpc) is 2.80. The lowest BCUT2D eigenvalue weighted by Crippen LogP contribution is -2.41. The summed E-state index contributed by atoms with van der Waals surface area (Å²) in [7, 11) is 0. The summed E-state index contributed by atoms with van der Waals surface area (Å²) < 4.78 is 3.88. The maximum Gasteiger partial charge on any atom is 0.267 e. The van der Waals surface area contributed by atoms with E-state index in [-0.39, 0.29) is 5.91 Å². The molecule has 2 fully saturated rings. The van der Waals surface area contributed by atoms with Gasteiger partial charge >= 0.3 is 0 Å². The fraction of sp³-hybridized carbons (Fsp3) is 0.786. The highest BCUT2D eigenvalue weighted by molar-refractivity contribution is 7.99. The molecule has 0 spiro atoms. The minimum absolute atomic E-state index is 0.114. The minimum atomic E-state index is 0.114. The third-order valence-electron chi connectivity index (χ3n) is 4.37. The van der Waals surface area contributed by atoms with Crippen LogP contribution in [-0.2, 0) is 0 Å². The summed E-state index contributed by atoms with van der Waals surface area (Å²) in [6.07, 6.45) is 3.67. The standard InChI is InChI=1S/C14H22N4OS2/c1-11-13(21-16-15-11)14(19)18-6-2-5-17(7-8-18)12-3-9-20-10-4-12/h12H,2-10H2,1H3. The van der Waals surface area contributed by atoms with Gasteiger partial charge in [-0.25, -0.2) is 0 Å². The Bertz CT molecular complexity index is 487. The lowest BCUT2D eigenvalue weighted by Gasteiger charge is -2.33. The van der Waals surface area contributed by atoms with Gasteiger partial charge in [-0.2, -0.15) is 11.8 Å². The average molecular weight is 326 g/mol. The van der Waals surface area contributed by atoms with Crippen LogP contribution in [0.4, 0.5) is 0 Å². The molecule has 3 rings (SSSR count). The second-order valence-corrected chi connectivity index (χ2v) is 7.69. The summed E-state index contributed by atoms with van der Waals surface area (Å²) in [5, 5.41) is 3.95. The van der Waals surface area contributed by atoms with Crippen LogP contribution in [0, 0.1) is 6.92 Å². The predicted molar refractivity (Wildman–Crippen MR) is 87.1 cm³/mol. The Morgan fingerprint density at radius 1 is 1.19 bits per heavy atom. The van der Waals surface area contributed by atoms with E-state index in [1.165, 1.54) is 35.9 Å². The molecule has 0 aliphatic carbocycles. The number of rotatable bonds is 2. The fourth-order valence-electron chi connectivity index (χ4n) is 3.13. The Labute approximate surface area is 134 Å². The number of hydrogen-bond donors (Lipinski definition) is 0. The Kier molecular flexibility index (Phi) is 5.13. The molecule has 21 heavy (non-hydrogen) atoms. The van der Waals surface area contributed by atoms with Gasteiger partial charge in [0, 0.05) is 32.2 Å². The Hall–Kier alpha value is -0.660. The molecule has 2 aliphatic rings. The van der Waals surface area contributed by atoms with Gasteiger partial charge in [0.15, 0.2) is 0 Å². The van der Waals surface area contributed by atoms with E-state index in [0.29, 0.717) is 4.88 Å². The van der Waals surface area contributed by atoms with E-state index in [1.807, 2.05) is 11.8 Å². The second kappa shape index (κ2) is 7.07. The predicted octanol–water partition coefficient (Wildman–Crippen LogP) is 1.89. The number of thioether (sulfide) groups is 1. The molecule has 0 unspecified atom stereocenters. The topological polar surface area (TPSA) is 49.3 Å². The van der Waals surface area contributed by atoms with Crippen molar-refractivity contribution in [3.05, 3.63) is 10.6 Å². The van der Waals surface area contributed by atoms with Crippen molar-refractivity contribution in [2.24, 2.45) is 0 Å². The first-order valence-electron chi connectivity index (χ1n) is 7.65. The summed E-state index contributed by atoms with van der Waals surface area (Å²) >= 11 is 3.29. The van der Waals surface area contributed by atoms with E-state index in [0.717, 1.165) is 44.3 Å². The van der Waals surface area contributed by atoms with Gasteiger partial charge < -0.3 is 4.90 Å². The molecular weight excluding hydrogens is 304 g/mol. The van der Waals surface area contributed by atoms with Gasteiger partial charge in [0.2, 0.25) is 0 Å². The van der Waals surface area contributed by atoms with Crippen LogP contribution in [-0.4, -0.2) is 69.0 Å². The third-order valence-corrected chi connectivity index (χ3v) is 6.24. The summed E-state index contributed by atoms with van der Waals surface area (Å²) in [6, 6.07) is 0.730. The normalized spacial score (nSPS) is 22.2. The van der Waals surface area contributed by atoms with Crippen molar-refractivity contribution in [3.63, 3.8) is 0 Å². The molecule has 0 saturated carbocycles. The van der Waals surface area contributed by atoms with Gasteiger partial charge in [-0.3, -0.25) is 9.69 Å². The summed E-state index contributed by atoms with van der Waals surface area (Å²) in [4.78, 5) is 17.8. The van der Waals surface area contributed by atoms with Crippen molar-refractivity contribution in [1.82, 2.24) is 19.4 Å². The van der Waals surface area contributed by atoms with E-state index < -0.39 is 0 Å². The highest BCUT2D eigenvalue weighted by Crippen LogP contribution is 2.23. The number of nitrogens with zero attached hydrogens (tertiary/aromatic N) is 4. The van der Waals surface area contributed by atoms with Crippen LogP contribution in [0.3, 0.4) is 0 Å². The van der Waals surface area contributed by atoms with Crippen LogP contribution in [0.1, 0.15) is 34.6 Å². The number of aromatic nitrogens is 2. The number of aryl methyl sites for hydroxylation is 1. The van der Waals surface area contributed by atoms with E-state index >= 15 is 0 Å². The van der Waals surface area contributed by atoms with Crippen LogP contribution in [0.15, 0.2) is 0 Å². The van der Waals surface area contributed by atoms with Crippen LogP contribution in [0.5, 0.6) is 0 Å². The first-order chi connectivity index (χ1) is 10.3. The molecular formula is C14H22N4OS2. The van der Waals surface area contributed by atoms with Gasteiger partial charge in [-0.15, -0.1) is 5.10 Å². The van der Waals surface area contributed by atoms with Gasteiger partial charge in [-0.05, 0) is 49.2 Å². The van der Waals surface area contributed by atoms with Crippen LogP contribution in [0.25, 0.3) is 0 Å². The monoisotopic (exact) mass is 326 g/mol. The zero-order chi connectivity index (χ0) is 14.7. The molecule has 0 aromatic carbocycles. The van der Waals surface area contributed by atoms with E-state index in [9.17, 15) is 4.79 Å². The molecule has 0 bridgehead atoms. The Balaban J connectivity index is 1.60. The SMILES string of the molecule is Cc1nnsc1C(=O)N1CCCN(C2CCSCC2)CC1. The van der Waals surface area contributed by atoms with Crippen molar-refractivity contribution in [3.8, 4) is 0 Å². The number of hydrogen-bond acceptors (Lipinski definition) is 6. The summed E-state index contributed by atoms with van der Waals surface area (Å²) in [6.45, 7) is 5.68. The molecule has 0 atom stereocenters. The highest BCUT2D eigenvalue weighted by Gasteiger charge is 2.27. The van der Waals surface area contributed by atoms with Gasteiger partial charge in [0.05, 0.1) is 5.69 Å². The molecule has 5 nitrogen and oxygen atoms in total. The molecule has 7 heteroatoms. The van der Waals surface area contributed by atoms with Gasteiger partial charge in [0.25, 0.3) is 5.91 Å². The number of carbonyl (C=O) groups excluding carboxylic acids is 1. The molecule has 116 valence electrons. The van der Waals surface area contributed by atoms with E-state index in [2.05, 4.69) is 26.2 Å². The molecule has 1 aromatic heterocycles. The zero-order valence-corrected chi connectivity index (χ0v) is 14.1. The second-order valence-electron chi connectivity index (χ2n) is 5.71. The van der Waals surface area contributed by atoms with Crippen molar-refractivity contribution < 1.29 is 4.79 Å². The highest BCUT2D eigenvalue weighted by atomic mass is 32.2. The Morgan fingerprint density at radius 3 is 2.71 bits per heavy atom. The lowest BCUT2D eigenvalue weighted by atomic mass is 10.1. The zero-order valence-electron chi connectivity index (χ0n) is 12.5. The minimum Gasteiger partial charge on any atom is -0.337 e. The fourth-order valence-corrected chi connectivity index (χ4v) is 4.83. The molecule has 1 aromatic rings. The quantitative estimate of drug-likeness (QED) is 0.831. The van der Waals surface area contributed by atoms with Gasteiger partial charge in [0.1, 0.15) is 4.88 Å². The number of amides is 1. The smallest absolute Gasteiger partial charge is 0.267 e. The van der Waals surface area contributed by atoms with Crippen molar-refractivity contribution in [1.29, 1.82) is 0 Å². The molecule has 0 radical (unpaired) electrons. The van der Waals surface area contributed by atoms with Crippen LogP contribution in [0.2, 0.25) is 0 Å². The molecule has 1 amide bonds. The first kappa shape index (κ1) is 15.2. The first-order valence-corrected chi connectivity index (χ1v) is 9.58.